The lowest BCUT2D eigenvalue weighted by Crippen LogP contribution is -2.45. The second kappa shape index (κ2) is 8.38. The average molecular weight is 412 g/mol. The van der Waals surface area contributed by atoms with Gasteiger partial charge in [-0.2, -0.15) is 5.10 Å². The summed E-state index contributed by atoms with van der Waals surface area (Å²) in [6, 6.07) is 5.94. The molecule has 8 heteroatoms. The molecule has 0 radical (unpaired) electrons. The van der Waals surface area contributed by atoms with Crippen molar-refractivity contribution in [3.05, 3.63) is 47.5 Å². The monoisotopic (exact) mass is 412 g/mol. The number of likely N-dealkylation sites (tertiary alicyclic amines) is 1. The van der Waals surface area contributed by atoms with Gasteiger partial charge in [-0.25, -0.2) is 9.07 Å². The SMILES string of the molecule is CCc1c(C(=O)NC2CCC(N3C(=O)CCC3=O)CC2)cnn1-c1ccc(F)cc1. The molecule has 1 saturated heterocycles. The molecule has 1 aromatic heterocycles. The van der Waals surface area contributed by atoms with Crippen LogP contribution in [0.25, 0.3) is 5.69 Å². The molecule has 0 unspecified atom stereocenters. The topological polar surface area (TPSA) is 84.3 Å². The Bertz CT molecular complexity index is 945. The number of nitrogens with one attached hydrogen (secondary N) is 1. The average Bonchev–Trinajstić information content (AvgIpc) is 3.32. The summed E-state index contributed by atoms with van der Waals surface area (Å²) in [7, 11) is 0. The summed E-state index contributed by atoms with van der Waals surface area (Å²) in [5.74, 6) is -0.659. The van der Waals surface area contributed by atoms with Crippen molar-refractivity contribution >= 4 is 17.7 Å². The van der Waals surface area contributed by atoms with Crippen LogP contribution in [0.4, 0.5) is 4.39 Å². The van der Waals surface area contributed by atoms with E-state index in [-0.39, 0.29) is 35.6 Å². The van der Waals surface area contributed by atoms with Gasteiger partial charge in [0.15, 0.2) is 0 Å². The van der Waals surface area contributed by atoms with Crippen LogP contribution < -0.4 is 5.32 Å². The maximum atomic E-state index is 13.2. The Labute approximate surface area is 174 Å². The first-order valence-electron chi connectivity index (χ1n) is 10.5. The molecule has 1 aliphatic carbocycles. The number of carbonyl (C=O) groups excluding carboxylic acids is 3. The molecular weight excluding hydrogens is 387 g/mol. The van der Waals surface area contributed by atoms with Gasteiger partial charge in [-0.05, 0) is 56.4 Å². The third-order valence-electron chi connectivity index (χ3n) is 6.01. The van der Waals surface area contributed by atoms with Crippen molar-refractivity contribution in [2.24, 2.45) is 0 Å². The quantitative estimate of drug-likeness (QED) is 0.766. The molecular formula is C22H25FN4O3. The van der Waals surface area contributed by atoms with Gasteiger partial charge in [0.05, 0.1) is 23.1 Å². The van der Waals surface area contributed by atoms with Gasteiger partial charge in [0.1, 0.15) is 5.82 Å². The number of imide groups is 1. The number of hydrogen-bond acceptors (Lipinski definition) is 4. The molecule has 3 amide bonds. The third-order valence-corrected chi connectivity index (χ3v) is 6.01. The highest BCUT2D eigenvalue weighted by Crippen LogP contribution is 2.28. The van der Waals surface area contributed by atoms with E-state index in [4.69, 9.17) is 0 Å². The van der Waals surface area contributed by atoms with Crippen molar-refractivity contribution in [2.45, 2.75) is 64.0 Å². The summed E-state index contributed by atoms with van der Waals surface area (Å²) in [6.45, 7) is 1.95. The number of amides is 3. The fraction of sp³-hybridized carbons (Fsp3) is 0.455. The second-order valence-corrected chi connectivity index (χ2v) is 7.88. The summed E-state index contributed by atoms with van der Waals surface area (Å²) >= 11 is 0. The number of halogens is 1. The van der Waals surface area contributed by atoms with Gasteiger partial charge in [-0.3, -0.25) is 19.3 Å². The fourth-order valence-electron chi connectivity index (χ4n) is 4.45. The molecule has 30 heavy (non-hydrogen) atoms. The minimum absolute atomic E-state index is 0.000402. The third kappa shape index (κ3) is 3.86. The Balaban J connectivity index is 1.41. The van der Waals surface area contributed by atoms with E-state index in [2.05, 4.69) is 10.4 Å². The number of benzene rings is 1. The van der Waals surface area contributed by atoms with Crippen LogP contribution in [0, 0.1) is 5.82 Å². The molecule has 2 heterocycles. The zero-order chi connectivity index (χ0) is 21.3. The minimum atomic E-state index is -0.324. The van der Waals surface area contributed by atoms with E-state index in [9.17, 15) is 18.8 Å². The van der Waals surface area contributed by atoms with Crippen molar-refractivity contribution in [1.82, 2.24) is 20.0 Å². The number of carbonyl (C=O) groups is 3. The lowest BCUT2D eigenvalue weighted by molar-refractivity contribution is -0.141. The maximum Gasteiger partial charge on any atom is 0.254 e. The first-order chi connectivity index (χ1) is 14.5. The molecule has 4 rings (SSSR count). The standard InChI is InChI=1S/C22H25FN4O3/c1-2-19-18(13-24-27(19)17-7-3-14(23)4-8-17)22(30)25-15-5-9-16(10-6-15)26-20(28)11-12-21(26)29/h3-4,7-8,13,15-16H,2,5-6,9-12H2,1H3,(H,25,30). The first-order valence-corrected chi connectivity index (χ1v) is 10.5. The van der Waals surface area contributed by atoms with Crippen molar-refractivity contribution < 1.29 is 18.8 Å². The summed E-state index contributed by atoms with van der Waals surface area (Å²) in [6.07, 6.45) is 5.63. The molecule has 2 aliphatic rings. The van der Waals surface area contributed by atoms with Gasteiger partial charge in [-0.15, -0.1) is 0 Å². The van der Waals surface area contributed by atoms with Crippen LogP contribution in [0.15, 0.2) is 30.5 Å². The highest BCUT2D eigenvalue weighted by Gasteiger charge is 2.37. The van der Waals surface area contributed by atoms with Crippen molar-refractivity contribution in [3.8, 4) is 5.69 Å². The molecule has 1 aromatic carbocycles. The van der Waals surface area contributed by atoms with Crippen LogP contribution in [0.2, 0.25) is 0 Å². The number of hydrogen-bond donors (Lipinski definition) is 1. The molecule has 0 bridgehead atoms. The van der Waals surface area contributed by atoms with E-state index in [1.807, 2.05) is 6.92 Å². The molecule has 0 atom stereocenters. The number of nitrogens with zero attached hydrogens (tertiary/aromatic N) is 3. The van der Waals surface area contributed by atoms with E-state index in [0.29, 0.717) is 43.4 Å². The van der Waals surface area contributed by atoms with Crippen LogP contribution in [0.3, 0.4) is 0 Å². The highest BCUT2D eigenvalue weighted by molar-refractivity contribution is 6.02. The Morgan fingerprint density at radius 2 is 1.73 bits per heavy atom. The minimum Gasteiger partial charge on any atom is -0.349 e. The second-order valence-electron chi connectivity index (χ2n) is 7.88. The Morgan fingerprint density at radius 3 is 2.33 bits per heavy atom. The highest BCUT2D eigenvalue weighted by atomic mass is 19.1. The van der Waals surface area contributed by atoms with Crippen LogP contribution in [-0.4, -0.2) is 44.5 Å². The van der Waals surface area contributed by atoms with Crippen LogP contribution in [0.5, 0.6) is 0 Å². The zero-order valence-electron chi connectivity index (χ0n) is 16.9. The van der Waals surface area contributed by atoms with Gasteiger partial charge in [-0.1, -0.05) is 6.92 Å². The predicted octanol–water partition coefficient (Wildman–Crippen LogP) is 2.76. The van der Waals surface area contributed by atoms with Gasteiger partial charge in [0.2, 0.25) is 11.8 Å². The van der Waals surface area contributed by atoms with Crippen molar-refractivity contribution in [3.63, 3.8) is 0 Å². The summed E-state index contributed by atoms with van der Waals surface area (Å²) in [5, 5.41) is 7.41. The smallest absolute Gasteiger partial charge is 0.254 e. The van der Waals surface area contributed by atoms with Gasteiger partial charge < -0.3 is 5.32 Å². The molecule has 1 saturated carbocycles. The molecule has 1 N–H and O–H groups in total. The van der Waals surface area contributed by atoms with E-state index < -0.39 is 0 Å². The Morgan fingerprint density at radius 1 is 1.10 bits per heavy atom. The molecule has 7 nitrogen and oxygen atoms in total. The van der Waals surface area contributed by atoms with Crippen molar-refractivity contribution in [2.75, 3.05) is 0 Å². The molecule has 158 valence electrons. The zero-order valence-corrected chi connectivity index (χ0v) is 16.9. The van der Waals surface area contributed by atoms with E-state index in [1.54, 1.807) is 23.0 Å². The van der Waals surface area contributed by atoms with E-state index in [1.165, 1.54) is 17.0 Å². The molecule has 1 aliphatic heterocycles. The van der Waals surface area contributed by atoms with Gasteiger partial charge >= 0.3 is 0 Å². The number of rotatable bonds is 5. The fourth-order valence-corrected chi connectivity index (χ4v) is 4.45. The van der Waals surface area contributed by atoms with Gasteiger partial charge in [0.25, 0.3) is 5.91 Å². The maximum absolute atomic E-state index is 13.2. The van der Waals surface area contributed by atoms with Crippen molar-refractivity contribution in [1.29, 1.82) is 0 Å². The Hall–Kier alpha value is -3.03. The Kier molecular flexibility index (Phi) is 5.65. The normalized spacial score (nSPS) is 21.9. The summed E-state index contributed by atoms with van der Waals surface area (Å²) < 4.78 is 14.9. The molecule has 0 spiro atoms. The summed E-state index contributed by atoms with van der Waals surface area (Å²) in [4.78, 5) is 38.2. The van der Waals surface area contributed by atoms with Crippen LogP contribution in [-0.2, 0) is 16.0 Å². The van der Waals surface area contributed by atoms with Crippen LogP contribution in [0.1, 0.15) is 61.5 Å². The first kappa shape index (κ1) is 20.3. The lowest BCUT2D eigenvalue weighted by Gasteiger charge is -2.33. The lowest BCUT2D eigenvalue weighted by atomic mass is 9.90. The molecule has 2 fully saturated rings. The van der Waals surface area contributed by atoms with Crippen LogP contribution >= 0.6 is 0 Å². The van der Waals surface area contributed by atoms with E-state index >= 15 is 0 Å². The van der Waals surface area contributed by atoms with Gasteiger partial charge in [0, 0.05) is 24.9 Å². The van der Waals surface area contributed by atoms with E-state index in [0.717, 1.165) is 18.5 Å². The summed E-state index contributed by atoms with van der Waals surface area (Å²) in [5.41, 5.74) is 1.97. The predicted molar refractivity (Wildman–Crippen MR) is 107 cm³/mol. The largest absolute Gasteiger partial charge is 0.349 e. The number of aromatic nitrogens is 2. The molecule has 2 aromatic rings.